The van der Waals surface area contributed by atoms with Crippen molar-refractivity contribution in [3.63, 3.8) is 0 Å². The SMILES string of the molecule is [Li+].[O-]c1cc(N2c3ccccc3Sc3ccccc32)ccc1-c1[nH+]c2ccccc2o1. The molecule has 5 aromatic rings. The molecule has 0 unspecified atom stereocenters. The first-order valence-corrected chi connectivity index (χ1v) is 10.5. The minimum atomic E-state index is -0.0870. The molecule has 4 aromatic carbocycles. The van der Waals surface area contributed by atoms with E-state index in [9.17, 15) is 5.11 Å². The van der Waals surface area contributed by atoms with E-state index in [0.29, 0.717) is 11.5 Å². The summed E-state index contributed by atoms with van der Waals surface area (Å²) in [6.45, 7) is 0. The molecule has 6 heteroatoms. The van der Waals surface area contributed by atoms with Gasteiger partial charge in [0, 0.05) is 21.5 Å². The first kappa shape index (κ1) is 19.8. The number of fused-ring (bicyclic) bond motifs is 3. The minimum Gasteiger partial charge on any atom is -0.872 e. The van der Waals surface area contributed by atoms with E-state index in [0.717, 1.165) is 28.2 Å². The van der Waals surface area contributed by atoms with Gasteiger partial charge in [0.1, 0.15) is 0 Å². The number of benzene rings is 4. The van der Waals surface area contributed by atoms with Crippen molar-refractivity contribution in [2.75, 3.05) is 4.90 Å². The summed E-state index contributed by atoms with van der Waals surface area (Å²) in [5, 5.41) is 13.1. The summed E-state index contributed by atoms with van der Waals surface area (Å²) in [7, 11) is 0. The molecular weight excluding hydrogens is 399 g/mol. The van der Waals surface area contributed by atoms with Gasteiger partial charge in [0.25, 0.3) is 0 Å². The fourth-order valence-electron chi connectivity index (χ4n) is 3.86. The molecule has 1 aliphatic heterocycles. The van der Waals surface area contributed by atoms with Gasteiger partial charge in [-0.1, -0.05) is 53.9 Å². The van der Waals surface area contributed by atoms with Crippen molar-refractivity contribution < 1.29 is 33.4 Å². The first-order valence-electron chi connectivity index (χ1n) is 9.66. The Hall–Kier alpha value is -3.10. The number of anilines is 3. The van der Waals surface area contributed by atoms with Crippen LogP contribution in [-0.4, -0.2) is 0 Å². The first-order chi connectivity index (χ1) is 14.8. The van der Waals surface area contributed by atoms with E-state index in [1.165, 1.54) is 9.79 Å². The predicted octanol–water partition coefficient (Wildman–Crippen LogP) is 2.93. The third-order valence-corrected chi connectivity index (χ3v) is 6.38. The van der Waals surface area contributed by atoms with Crippen molar-refractivity contribution in [2.24, 2.45) is 0 Å². The van der Waals surface area contributed by atoms with Gasteiger partial charge in [0.2, 0.25) is 11.1 Å². The van der Waals surface area contributed by atoms with Crippen LogP contribution in [0.2, 0.25) is 0 Å². The standard InChI is InChI=1S/C25H16N2O2S.Li/c28-21-15-16(13-14-17(21)25-26-18-7-1-4-10-22(18)29-25)27-19-8-2-5-11-23(19)30-24-12-6-3-9-20(24)27;/h1-15,28H;/q;+1. The van der Waals surface area contributed by atoms with Gasteiger partial charge in [-0.3, -0.25) is 0 Å². The van der Waals surface area contributed by atoms with Gasteiger partial charge in [-0.25, -0.2) is 0 Å². The minimum absolute atomic E-state index is 0. The van der Waals surface area contributed by atoms with E-state index in [4.69, 9.17) is 4.42 Å². The molecule has 0 atom stereocenters. The molecule has 2 heterocycles. The fourth-order valence-corrected chi connectivity index (χ4v) is 4.92. The van der Waals surface area contributed by atoms with Crippen LogP contribution < -0.4 is 33.9 Å². The van der Waals surface area contributed by atoms with Crippen LogP contribution in [0.1, 0.15) is 0 Å². The van der Waals surface area contributed by atoms with E-state index in [2.05, 4.69) is 34.1 Å². The molecule has 0 fully saturated rings. The van der Waals surface area contributed by atoms with Gasteiger partial charge in [-0.2, -0.15) is 4.98 Å². The van der Waals surface area contributed by atoms with Crippen molar-refractivity contribution in [3.8, 4) is 17.2 Å². The Labute approximate surface area is 195 Å². The Morgan fingerprint density at radius 2 is 1.42 bits per heavy atom. The van der Waals surface area contributed by atoms with Crippen molar-refractivity contribution in [1.29, 1.82) is 0 Å². The van der Waals surface area contributed by atoms with E-state index >= 15 is 0 Å². The fraction of sp³-hybridized carbons (Fsp3) is 0. The summed E-state index contributed by atoms with van der Waals surface area (Å²) in [4.78, 5) is 7.68. The quantitative estimate of drug-likeness (QED) is 0.408. The number of hydrogen-bond donors (Lipinski definition) is 0. The molecular formula is C25H16LiN2O2S+. The second-order valence-electron chi connectivity index (χ2n) is 7.11. The maximum atomic E-state index is 13.1. The van der Waals surface area contributed by atoms with Crippen LogP contribution in [0, 0.1) is 0 Å². The van der Waals surface area contributed by atoms with Gasteiger partial charge >= 0.3 is 24.8 Å². The van der Waals surface area contributed by atoms with Crippen LogP contribution >= 0.6 is 11.8 Å². The summed E-state index contributed by atoms with van der Waals surface area (Å²) in [5.41, 5.74) is 5.09. The number of aromatic nitrogens is 1. The molecule has 144 valence electrons. The molecule has 31 heavy (non-hydrogen) atoms. The molecule has 0 saturated heterocycles. The molecule has 0 saturated carbocycles. The molecule has 4 nitrogen and oxygen atoms in total. The van der Waals surface area contributed by atoms with Crippen molar-refractivity contribution in [1.82, 2.24) is 0 Å². The average Bonchev–Trinajstić information content (AvgIpc) is 3.21. The van der Waals surface area contributed by atoms with Gasteiger partial charge in [0.05, 0.1) is 16.9 Å². The normalized spacial score (nSPS) is 12.2. The number of hydrogen-bond acceptors (Lipinski definition) is 4. The maximum absolute atomic E-state index is 13.1. The predicted molar refractivity (Wildman–Crippen MR) is 116 cm³/mol. The number of nitrogens with zero attached hydrogens (tertiary/aromatic N) is 1. The van der Waals surface area contributed by atoms with Crippen LogP contribution in [0.5, 0.6) is 5.75 Å². The van der Waals surface area contributed by atoms with Gasteiger partial charge in [-0.05, 0) is 48.5 Å². The largest absolute Gasteiger partial charge is 1.00 e. The molecule has 0 radical (unpaired) electrons. The van der Waals surface area contributed by atoms with E-state index in [1.54, 1.807) is 17.8 Å². The van der Waals surface area contributed by atoms with Crippen molar-refractivity contribution >= 4 is 39.9 Å². The zero-order valence-electron chi connectivity index (χ0n) is 16.8. The number of nitrogens with one attached hydrogen (secondary N) is 1. The van der Waals surface area contributed by atoms with Crippen LogP contribution in [-0.2, 0) is 0 Å². The number of oxazole rings is 1. The molecule has 6 rings (SSSR count). The number of H-pyrrole nitrogens is 1. The summed E-state index contributed by atoms with van der Waals surface area (Å²) >= 11 is 1.75. The monoisotopic (exact) mass is 415 g/mol. The molecule has 0 spiro atoms. The van der Waals surface area contributed by atoms with Crippen LogP contribution in [0.3, 0.4) is 0 Å². The van der Waals surface area contributed by atoms with E-state index < -0.39 is 0 Å². The van der Waals surface area contributed by atoms with Crippen LogP contribution in [0.4, 0.5) is 17.1 Å². The Bertz CT molecular complexity index is 1340. The second-order valence-corrected chi connectivity index (χ2v) is 8.19. The Morgan fingerprint density at radius 3 is 2.10 bits per heavy atom. The van der Waals surface area contributed by atoms with Crippen molar-refractivity contribution in [3.05, 3.63) is 91.0 Å². The summed E-state index contributed by atoms with van der Waals surface area (Å²) in [6.07, 6.45) is 0. The summed E-state index contributed by atoms with van der Waals surface area (Å²) < 4.78 is 5.86. The van der Waals surface area contributed by atoms with Gasteiger partial charge in [0.15, 0.2) is 0 Å². The molecule has 1 N–H and O–H groups in total. The zero-order chi connectivity index (χ0) is 20.1. The summed E-state index contributed by atoms with van der Waals surface area (Å²) in [6, 6.07) is 29.7. The Morgan fingerprint density at radius 1 is 0.774 bits per heavy atom. The molecule has 1 aromatic heterocycles. The third-order valence-electron chi connectivity index (χ3n) is 5.25. The number of para-hydroxylation sites is 4. The van der Waals surface area contributed by atoms with Crippen molar-refractivity contribution in [2.45, 2.75) is 9.79 Å². The van der Waals surface area contributed by atoms with Gasteiger partial charge < -0.3 is 14.4 Å². The zero-order valence-corrected chi connectivity index (χ0v) is 17.6. The smallest absolute Gasteiger partial charge is 0.872 e. The van der Waals surface area contributed by atoms with E-state index in [1.807, 2.05) is 60.7 Å². The third kappa shape index (κ3) is 3.32. The van der Waals surface area contributed by atoms with E-state index in [-0.39, 0.29) is 24.6 Å². The molecule has 0 bridgehead atoms. The molecule has 0 aliphatic carbocycles. The molecule has 0 amide bonds. The molecule has 1 aliphatic rings. The summed E-state index contributed by atoms with van der Waals surface area (Å²) in [5.74, 6) is 0.388. The Balaban J connectivity index is 0.00000204. The Kier molecular flexibility index (Phi) is 5.03. The second kappa shape index (κ2) is 7.86. The number of rotatable bonds is 2. The van der Waals surface area contributed by atoms with Crippen LogP contribution in [0.15, 0.2) is 105 Å². The average molecular weight is 415 g/mol. The number of aromatic amines is 1. The maximum Gasteiger partial charge on any atom is 1.00 e. The van der Waals surface area contributed by atoms with Gasteiger partial charge in [-0.15, -0.1) is 0 Å². The van der Waals surface area contributed by atoms with Crippen LogP contribution in [0.25, 0.3) is 22.6 Å². The topological polar surface area (TPSA) is 53.6 Å².